The lowest BCUT2D eigenvalue weighted by molar-refractivity contribution is -0.646. The normalized spacial score (nSPS) is 11.9. The van der Waals surface area contributed by atoms with Crippen LogP contribution in [0.3, 0.4) is 0 Å². The number of alkyl halides is 7. The third kappa shape index (κ3) is 67.4. The summed E-state index contributed by atoms with van der Waals surface area (Å²) in [5, 5.41) is 70.2. The molecule has 0 heterocycles. The van der Waals surface area contributed by atoms with Crippen LogP contribution in [0.1, 0.15) is 236 Å². The van der Waals surface area contributed by atoms with E-state index in [4.69, 9.17) is 119 Å². The van der Waals surface area contributed by atoms with Crippen molar-refractivity contribution in [2.24, 2.45) is 5.73 Å². The Labute approximate surface area is 954 Å². The monoisotopic (exact) mass is 2450 g/mol. The first-order valence-corrected chi connectivity index (χ1v) is 54.7. The molecule has 0 bridgehead atoms. The maximum absolute atomic E-state index is 12.9. The Kier molecular flexibility index (Phi) is 74.3. The van der Waals surface area contributed by atoms with Gasteiger partial charge in [0.05, 0.1) is 73.6 Å². The summed E-state index contributed by atoms with van der Waals surface area (Å²) in [5.41, 5.74) is 16.4. The van der Waals surface area contributed by atoms with Crippen LogP contribution >= 0.6 is 115 Å². The number of nitrogens with two attached hydrogens (primary N) is 2. The number of esters is 6. The van der Waals surface area contributed by atoms with Gasteiger partial charge in [0, 0.05) is 99.0 Å². The van der Waals surface area contributed by atoms with Crippen LogP contribution in [0.2, 0.25) is 27.3 Å². The van der Waals surface area contributed by atoms with Gasteiger partial charge in [-0.2, -0.15) is 0 Å². The van der Waals surface area contributed by atoms with Crippen LogP contribution in [0.4, 0.5) is 0 Å². The summed E-state index contributed by atoms with van der Waals surface area (Å²) in [4.78, 5) is 123. The smallest absolute Gasteiger partial charge is 0.373 e. The Balaban J connectivity index is 0. The van der Waals surface area contributed by atoms with Crippen molar-refractivity contribution < 1.29 is 124 Å². The number of aromatic carboxylic acids is 1. The van der Waals surface area contributed by atoms with Gasteiger partial charge in [0.15, 0.2) is 0 Å². The van der Waals surface area contributed by atoms with E-state index < -0.39 is 74.6 Å². The number of rotatable bonds is 48. The molecule has 0 saturated heterocycles. The Morgan fingerprint density at radius 2 is 0.653 bits per heavy atom. The van der Waals surface area contributed by atoms with Crippen LogP contribution in [0.5, 0.6) is 0 Å². The summed E-state index contributed by atoms with van der Waals surface area (Å²) < 4.78 is 33.9. The number of hydrogen-bond acceptors (Lipinski definition) is 25. The minimum Gasteiger partial charge on any atom is -1.00 e. The number of nitrogens with one attached hydrogen (secondary N) is 4. The molecule has 7 aromatic rings. The minimum absolute atomic E-state index is 0. The molecule has 0 fully saturated rings. The van der Waals surface area contributed by atoms with Crippen molar-refractivity contribution in [1.29, 1.82) is 0 Å². The number of ether oxygens (including phenoxy) is 6. The van der Waals surface area contributed by atoms with Gasteiger partial charge in [-0.25, -0.2) is 14.4 Å². The molecule has 7 rings (SSSR count). The molecule has 0 aliphatic heterocycles. The van der Waals surface area contributed by atoms with Gasteiger partial charge < -0.3 is 113 Å². The molecule has 5 atom stereocenters. The molecule has 150 heavy (non-hydrogen) atoms. The van der Waals surface area contributed by atoms with Crippen LogP contribution in [0.25, 0.3) is 0 Å². The Hall–Kier alpha value is -7.41. The van der Waals surface area contributed by atoms with E-state index in [1.807, 2.05) is 194 Å². The third-order valence-electron chi connectivity index (χ3n) is 20.6. The highest BCUT2D eigenvalue weighted by Gasteiger charge is 2.30. The molecule has 14 N–H and O–H groups in total. The van der Waals surface area contributed by atoms with E-state index in [-0.39, 0.29) is 130 Å². The fourth-order valence-electron chi connectivity index (χ4n) is 13.9. The lowest BCUT2D eigenvalue weighted by atomic mass is 9.85. The van der Waals surface area contributed by atoms with Crippen molar-refractivity contribution in [2.75, 3.05) is 79.0 Å². The van der Waals surface area contributed by atoms with E-state index in [9.17, 15) is 63.0 Å². The highest BCUT2D eigenvalue weighted by Crippen LogP contribution is 2.25. The van der Waals surface area contributed by atoms with E-state index in [1.54, 1.807) is 112 Å². The van der Waals surface area contributed by atoms with Crippen LogP contribution in [-0.4, -0.2) is 259 Å². The quantitative estimate of drug-likeness (QED) is 0.00421. The first kappa shape index (κ1) is 145. The predicted octanol–water partition coefficient (Wildman–Crippen LogP) is 14.1. The van der Waals surface area contributed by atoms with Crippen molar-refractivity contribution in [3.05, 3.63) is 244 Å². The van der Waals surface area contributed by atoms with Gasteiger partial charge in [0.2, 0.25) is 0 Å². The first-order valence-electron chi connectivity index (χ1n) is 48.9. The third-order valence-corrected chi connectivity index (χ3v) is 23.9. The molecule has 0 aromatic heterocycles. The van der Waals surface area contributed by atoms with Gasteiger partial charge >= 0.3 is 76.0 Å². The molecular weight excluding hydrogens is 2290 g/mol. The predicted molar refractivity (Wildman–Crippen MR) is 620 cm³/mol. The molecule has 2 amide bonds. The number of carbonyl (C=O) groups excluding carboxylic acids is 8. The first-order chi connectivity index (χ1) is 69.2. The standard InChI is InChI=1S/C24H32BNO5.C21H33BCl2N2O4.C17H26BNO5.C16H22Cl2N2O3.C15H13IO2.C9H19BINO3.C4H9Cl2N.CH4.ClH/c1-17-11-12-19(23(28)30-16-18-9-7-6-8-10-18)13-20(17)14-21(26-25(5)29)15-22(27)31-24(2,3)4;1-15-6-7-16(20(28)26(10-8-23)11-9-24)12-17(15)13-18(25-22(5)29)14-19(27)30-21(2,3)4;1-11-6-7-12(16(21)22)8-13(11)9-14(19-18(5)23)10-15(20)24-17(2,3)4;1-11-2-3-12(16(23)20(6-4-17)7-5-18)8-13(11)9-14(19)10-15(21)22;1-11-7-8-13(9-14(11)16)15(17)18-10-12-5-3-2-4-6-12;1-9(2,3)15-8(13)5-7(6-11)12-10(4)14;5-1-3-7-4-2-6;;/h6-13,21,26,29H,14-16H2,1-5H3;6-7,12,18,25,29H,8-11,13-14H2,1-5H3;6-8,14,19,23H,9-10H2,1-5H3,(H,21,22);2-3,8,14H,4-7,9-10,19H2,1H3,(H,21,22);2-9H,10H2,1H3;7,12,14H,5-6H2,1-4H3;7H,1-4H2;1H4;1H/t21-;18-;2*14-;;7-;;;/m0000.1.../s1. The van der Waals surface area contributed by atoms with Crippen LogP contribution in [0, 0.1) is 38.2 Å². The van der Waals surface area contributed by atoms with Gasteiger partial charge in [-0.15, -0.1) is 69.6 Å². The molecule has 0 radical (unpaired) electrons. The van der Waals surface area contributed by atoms with E-state index in [2.05, 4.69) is 71.4 Å². The number of aryl methyl sites for hydroxylation is 5. The molecule has 0 aliphatic rings. The van der Waals surface area contributed by atoms with Crippen LogP contribution in [-0.2, 0) is 91.3 Å². The van der Waals surface area contributed by atoms with Crippen molar-refractivity contribution >= 4 is 203 Å². The average molecular weight is 2450 g/mol. The molecule has 7 aromatic carbocycles. The second-order valence-electron chi connectivity index (χ2n) is 39.2. The zero-order valence-corrected chi connectivity index (χ0v) is 99.4. The summed E-state index contributed by atoms with van der Waals surface area (Å²) in [7, 11) is -2.97. The number of benzene rings is 7. The number of carbonyl (C=O) groups is 10. The zero-order chi connectivity index (χ0) is 112. The maximum atomic E-state index is 12.9. The van der Waals surface area contributed by atoms with Crippen molar-refractivity contribution in [3.63, 3.8) is 0 Å². The Morgan fingerprint density at radius 1 is 0.387 bits per heavy atom. The highest BCUT2D eigenvalue weighted by molar-refractivity contribution is 14.1. The van der Waals surface area contributed by atoms with Crippen molar-refractivity contribution in [1.82, 2.24) is 30.7 Å². The van der Waals surface area contributed by atoms with E-state index >= 15 is 0 Å². The van der Waals surface area contributed by atoms with Crippen molar-refractivity contribution in [2.45, 2.75) is 276 Å². The van der Waals surface area contributed by atoms with Gasteiger partial charge in [-0.1, -0.05) is 121 Å². The van der Waals surface area contributed by atoms with Crippen LogP contribution < -0.4 is 44.4 Å². The molecule has 0 unspecified atom stereocenters. The zero-order valence-electron chi connectivity index (χ0n) is 89.8. The number of halogens is 9. The van der Waals surface area contributed by atoms with Crippen molar-refractivity contribution in [3.8, 4) is 0 Å². The summed E-state index contributed by atoms with van der Waals surface area (Å²) >= 11 is 38.2. The van der Waals surface area contributed by atoms with E-state index in [0.717, 1.165) is 94.0 Å². The molecular formula is C107H159B4Cl7I2N8O22. The summed E-state index contributed by atoms with van der Waals surface area (Å²) in [5.74, 6) is -1.41. The molecule has 0 saturated carbocycles. The average Bonchev–Trinajstić information content (AvgIpc) is 0.820. The van der Waals surface area contributed by atoms with Crippen LogP contribution in [0.15, 0.2) is 152 Å². The van der Waals surface area contributed by atoms with Gasteiger partial charge in [-0.3, -0.25) is 33.6 Å². The summed E-state index contributed by atoms with van der Waals surface area (Å²) in [6, 6.07) is 44.3. The Morgan fingerprint density at radius 3 is 0.927 bits per heavy atom. The summed E-state index contributed by atoms with van der Waals surface area (Å²) in [6.45, 7) is 42.1. The second-order valence-corrected chi connectivity index (χ2v) is 43.5. The highest BCUT2D eigenvalue weighted by atomic mass is 127. The second kappa shape index (κ2) is 77.0. The largest absolute Gasteiger partial charge is 1.00 e. The molecule has 0 aliphatic carbocycles. The topological polar surface area (TPSA) is 445 Å². The Bertz CT molecular complexity index is 5160. The number of carboxylic acids is 2. The number of hydrogen-bond donors (Lipinski definition) is 12. The van der Waals surface area contributed by atoms with Gasteiger partial charge in [0.1, 0.15) is 35.6 Å². The molecule has 43 heteroatoms. The van der Waals surface area contributed by atoms with Gasteiger partial charge in [-0.05, 0) is 315 Å². The fraction of sp³-hybridized carbons (Fsp3) is 0.514. The number of carboxylic acid groups (broad SMARTS) is 2. The molecule has 0 spiro atoms. The summed E-state index contributed by atoms with van der Waals surface area (Å²) in [6.07, 6.45) is 2.19. The number of quaternary nitrogens is 1. The fourth-order valence-corrected chi connectivity index (χ4v) is 16.1. The van der Waals surface area contributed by atoms with E-state index in [1.165, 1.54) is 0 Å². The number of aliphatic carboxylic acids is 1. The lowest BCUT2D eigenvalue weighted by Gasteiger charge is -2.24. The lowest BCUT2D eigenvalue weighted by Crippen LogP contribution is -3.00. The maximum Gasteiger partial charge on any atom is 0.373 e. The number of amides is 2. The van der Waals surface area contributed by atoms with Gasteiger partial charge in [0.25, 0.3) is 11.8 Å². The molecule has 834 valence electrons. The molecule has 30 nitrogen and oxygen atoms in total. The SMILES string of the molecule is C.CB(O)N[C@@H](CI)CC(=O)OC(C)(C)C.CB(O)N[C@H](CC(=O)OC(C)(C)C)Cc1cc(C(=O)N(CCCl)CCCl)ccc1C.CB(O)N[C@H](CC(=O)OC(C)(C)C)Cc1cc(C(=O)O)ccc1C.CB(O)N[C@H](CC(=O)OC(C)(C)C)Cc1cc(C(=O)OCc2ccccc2)ccc1C.Cc1ccc(C(=O)N(CCCl)CCCl)cc1C[C@H](N)CC(=O)O.Cc1ccc(C(=O)OCc2ccccc2)cc1I.ClCC[NH2+]CCCl.[Cl-]. The number of nitrogens with zero attached hydrogens (tertiary/aromatic N) is 2. The van der Waals surface area contributed by atoms with E-state index in [0.29, 0.717) is 104 Å². The minimum atomic E-state index is -0.997.